The Bertz CT molecular complexity index is 802. The molecule has 2 aliphatic rings. The van der Waals surface area contributed by atoms with Crippen molar-refractivity contribution in [2.75, 3.05) is 29.4 Å². The van der Waals surface area contributed by atoms with Crippen LogP contribution in [-0.4, -0.2) is 42.6 Å². The van der Waals surface area contributed by atoms with Gasteiger partial charge in [0.15, 0.2) is 0 Å². The molecule has 5 heteroatoms. The number of hydrogen-bond donors (Lipinski definition) is 1. The van der Waals surface area contributed by atoms with Crippen LogP contribution >= 0.6 is 0 Å². The summed E-state index contributed by atoms with van der Waals surface area (Å²) >= 11 is 0. The van der Waals surface area contributed by atoms with E-state index >= 15 is 0 Å². The number of pyridine rings is 1. The van der Waals surface area contributed by atoms with Gasteiger partial charge in [-0.3, -0.25) is 4.79 Å². The number of piperazine rings is 1. The molecule has 26 heavy (non-hydrogen) atoms. The normalized spacial score (nSPS) is 20.2. The lowest BCUT2D eigenvalue weighted by atomic mass is 10.1. The third-order valence-electron chi connectivity index (χ3n) is 5.30. The minimum Gasteiger partial charge on any atom is -0.367 e. The second kappa shape index (κ2) is 6.98. The molecular weight excluding hydrogens is 324 g/mol. The number of carbonyl (C=O) groups excluding carboxylic acids is 1. The van der Waals surface area contributed by atoms with Gasteiger partial charge in [-0.25, -0.2) is 4.98 Å². The summed E-state index contributed by atoms with van der Waals surface area (Å²) in [6.45, 7) is 7.19. The van der Waals surface area contributed by atoms with Crippen molar-refractivity contribution in [1.82, 2.24) is 10.3 Å². The summed E-state index contributed by atoms with van der Waals surface area (Å²) in [5.74, 6) is 0.910. The average molecular weight is 350 g/mol. The highest BCUT2D eigenvalue weighted by Crippen LogP contribution is 2.26. The van der Waals surface area contributed by atoms with Crippen LogP contribution in [0.15, 0.2) is 42.6 Å². The van der Waals surface area contributed by atoms with Crippen LogP contribution in [0.1, 0.15) is 35.7 Å². The first kappa shape index (κ1) is 16.9. The number of aromatic nitrogens is 1. The predicted octanol–water partition coefficient (Wildman–Crippen LogP) is 3.00. The molecule has 2 fully saturated rings. The maximum Gasteiger partial charge on any atom is 0.251 e. The Balaban J connectivity index is 1.47. The molecule has 0 unspecified atom stereocenters. The summed E-state index contributed by atoms with van der Waals surface area (Å²) in [6, 6.07) is 13.0. The lowest BCUT2D eigenvalue weighted by molar-refractivity contribution is 0.0951. The van der Waals surface area contributed by atoms with Gasteiger partial charge in [0.25, 0.3) is 5.91 Å². The molecule has 0 radical (unpaired) electrons. The number of nitrogens with one attached hydrogen (secondary N) is 1. The summed E-state index contributed by atoms with van der Waals surface area (Å²) in [5, 5.41) is 3.05. The molecule has 1 saturated heterocycles. The van der Waals surface area contributed by atoms with Crippen molar-refractivity contribution in [2.45, 2.75) is 38.8 Å². The van der Waals surface area contributed by atoms with Crippen LogP contribution < -0.4 is 15.1 Å². The molecule has 1 aliphatic carbocycles. The van der Waals surface area contributed by atoms with Crippen LogP contribution in [0.5, 0.6) is 0 Å². The van der Waals surface area contributed by atoms with Crippen LogP contribution in [-0.2, 0) is 0 Å². The Morgan fingerprint density at radius 2 is 2.00 bits per heavy atom. The predicted molar refractivity (Wildman–Crippen MR) is 105 cm³/mol. The van der Waals surface area contributed by atoms with Gasteiger partial charge in [-0.05, 0) is 50.5 Å². The van der Waals surface area contributed by atoms with Gasteiger partial charge in [0, 0.05) is 49.2 Å². The number of rotatable bonds is 4. The molecule has 2 heterocycles. The number of hydrogen-bond acceptors (Lipinski definition) is 4. The molecule has 1 atom stereocenters. The second-order valence-corrected chi connectivity index (χ2v) is 7.43. The van der Waals surface area contributed by atoms with Gasteiger partial charge >= 0.3 is 0 Å². The molecule has 1 saturated carbocycles. The Labute approximate surface area is 155 Å². The van der Waals surface area contributed by atoms with E-state index in [1.807, 2.05) is 6.07 Å². The average Bonchev–Trinajstić information content (AvgIpc) is 3.46. The molecule has 4 rings (SSSR count). The van der Waals surface area contributed by atoms with Crippen LogP contribution in [0.4, 0.5) is 11.5 Å². The lowest BCUT2D eigenvalue weighted by Crippen LogP contribution is -2.52. The van der Waals surface area contributed by atoms with Gasteiger partial charge in [0.2, 0.25) is 0 Å². The Morgan fingerprint density at radius 3 is 2.73 bits per heavy atom. The Morgan fingerprint density at radius 1 is 1.19 bits per heavy atom. The van der Waals surface area contributed by atoms with Crippen molar-refractivity contribution in [2.24, 2.45) is 0 Å². The number of anilines is 2. The first-order valence-corrected chi connectivity index (χ1v) is 9.46. The topological polar surface area (TPSA) is 48.5 Å². The van der Waals surface area contributed by atoms with Gasteiger partial charge in [0.1, 0.15) is 5.82 Å². The number of benzene rings is 1. The van der Waals surface area contributed by atoms with Crippen molar-refractivity contribution in [3.8, 4) is 0 Å². The zero-order valence-electron chi connectivity index (χ0n) is 15.5. The number of para-hydroxylation sites is 1. The molecule has 0 spiro atoms. The smallest absolute Gasteiger partial charge is 0.251 e. The van der Waals surface area contributed by atoms with E-state index in [0.717, 1.165) is 38.3 Å². The highest BCUT2D eigenvalue weighted by atomic mass is 16.1. The van der Waals surface area contributed by atoms with E-state index in [1.165, 1.54) is 11.3 Å². The van der Waals surface area contributed by atoms with Crippen molar-refractivity contribution < 1.29 is 4.79 Å². The van der Waals surface area contributed by atoms with Gasteiger partial charge in [-0.1, -0.05) is 18.2 Å². The van der Waals surface area contributed by atoms with E-state index in [0.29, 0.717) is 17.6 Å². The standard InChI is InChI=1S/C21H26N4O/c1-15-5-3-4-6-19(15)24-11-12-25(16(2)14-24)20-13-17(9-10-22-20)21(26)23-18-7-8-18/h3-6,9-10,13,16,18H,7-8,11-12,14H2,1-2H3,(H,23,26)/t16-/m1/s1. The fourth-order valence-corrected chi connectivity index (χ4v) is 3.65. The molecule has 1 N–H and O–H groups in total. The molecule has 1 aromatic carbocycles. The molecule has 2 aromatic rings. The van der Waals surface area contributed by atoms with E-state index in [9.17, 15) is 4.79 Å². The van der Waals surface area contributed by atoms with Crippen molar-refractivity contribution in [1.29, 1.82) is 0 Å². The van der Waals surface area contributed by atoms with Gasteiger partial charge < -0.3 is 15.1 Å². The Kier molecular flexibility index (Phi) is 4.53. The maximum absolute atomic E-state index is 12.3. The quantitative estimate of drug-likeness (QED) is 0.921. The molecule has 1 amide bonds. The van der Waals surface area contributed by atoms with Crippen molar-refractivity contribution in [3.05, 3.63) is 53.7 Å². The van der Waals surface area contributed by atoms with E-state index in [4.69, 9.17) is 0 Å². The fraction of sp³-hybridized carbons (Fsp3) is 0.429. The van der Waals surface area contributed by atoms with Crippen LogP contribution in [0.3, 0.4) is 0 Å². The summed E-state index contributed by atoms with van der Waals surface area (Å²) in [7, 11) is 0. The van der Waals surface area contributed by atoms with E-state index in [2.05, 4.69) is 58.2 Å². The van der Waals surface area contributed by atoms with Crippen molar-refractivity contribution in [3.63, 3.8) is 0 Å². The number of carbonyl (C=O) groups is 1. The van der Waals surface area contributed by atoms with E-state index < -0.39 is 0 Å². The van der Waals surface area contributed by atoms with Crippen LogP contribution in [0.2, 0.25) is 0 Å². The van der Waals surface area contributed by atoms with E-state index in [1.54, 1.807) is 12.3 Å². The minimum atomic E-state index is 0.0161. The third-order valence-corrected chi connectivity index (χ3v) is 5.30. The first-order valence-electron chi connectivity index (χ1n) is 9.46. The molecular formula is C21H26N4O. The maximum atomic E-state index is 12.3. The molecule has 1 aliphatic heterocycles. The Hall–Kier alpha value is -2.56. The first-order chi connectivity index (χ1) is 12.6. The zero-order chi connectivity index (χ0) is 18.1. The number of nitrogens with zero attached hydrogens (tertiary/aromatic N) is 3. The SMILES string of the molecule is Cc1ccccc1N1CCN(c2cc(C(=O)NC3CC3)ccn2)[C@H](C)C1. The van der Waals surface area contributed by atoms with Crippen molar-refractivity contribution >= 4 is 17.4 Å². The van der Waals surface area contributed by atoms with Crippen LogP contribution in [0.25, 0.3) is 0 Å². The third kappa shape index (κ3) is 3.52. The second-order valence-electron chi connectivity index (χ2n) is 7.43. The summed E-state index contributed by atoms with van der Waals surface area (Å²) in [4.78, 5) is 21.6. The molecule has 1 aromatic heterocycles. The summed E-state index contributed by atoms with van der Waals surface area (Å²) in [6.07, 6.45) is 3.95. The van der Waals surface area contributed by atoms with Gasteiger partial charge in [0.05, 0.1) is 0 Å². The summed E-state index contributed by atoms with van der Waals surface area (Å²) in [5.41, 5.74) is 3.32. The lowest BCUT2D eigenvalue weighted by Gasteiger charge is -2.42. The van der Waals surface area contributed by atoms with E-state index in [-0.39, 0.29) is 5.91 Å². The summed E-state index contributed by atoms with van der Waals surface area (Å²) < 4.78 is 0. The zero-order valence-corrected chi connectivity index (χ0v) is 15.5. The highest BCUT2D eigenvalue weighted by Gasteiger charge is 2.27. The number of amides is 1. The molecule has 136 valence electrons. The largest absolute Gasteiger partial charge is 0.367 e. The number of aryl methyl sites for hydroxylation is 1. The van der Waals surface area contributed by atoms with Gasteiger partial charge in [-0.2, -0.15) is 0 Å². The van der Waals surface area contributed by atoms with Gasteiger partial charge in [-0.15, -0.1) is 0 Å². The molecule has 0 bridgehead atoms. The molecule has 5 nitrogen and oxygen atoms in total. The van der Waals surface area contributed by atoms with Crippen LogP contribution in [0, 0.1) is 6.92 Å². The monoisotopic (exact) mass is 350 g/mol. The fourth-order valence-electron chi connectivity index (χ4n) is 3.65. The highest BCUT2D eigenvalue weighted by molar-refractivity contribution is 5.95. The minimum absolute atomic E-state index is 0.0161.